The minimum absolute atomic E-state index is 0.299. The fraction of sp³-hybridized carbons (Fsp3) is 0.0278. The highest BCUT2D eigenvalue weighted by Gasteiger charge is 2.39. The second kappa shape index (κ2) is 13.4. The summed E-state index contributed by atoms with van der Waals surface area (Å²) >= 11 is 0. The maximum atomic E-state index is 4.27. The molecule has 0 aliphatic heterocycles. The fourth-order valence-electron chi connectivity index (χ4n) is 5.38. The van der Waals surface area contributed by atoms with Crippen LogP contribution in [0.2, 0.25) is 0 Å². The first-order valence-corrected chi connectivity index (χ1v) is 15.9. The molecule has 0 saturated heterocycles. The second-order valence-electron chi connectivity index (χ2n) is 9.77. The molecule has 194 valence electrons. The van der Waals surface area contributed by atoms with Crippen LogP contribution in [0, 0.1) is 0 Å². The van der Waals surface area contributed by atoms with E-state index in [0.29, 0.717) is 6.71 Å². The molecule has 2 nitrogen and oxygen atoms in total. The number of imidazole rings is 1. The number of aromatic nitrogens is 2. The topological polar surface area (TPSA) is 17.8 Å². The Bertz CT molecular complexity index is 1420. The summed E-state index contributed by atoms with van der Waals surface area (Å²) in [6.45, 7) is 4.21. The van der Waals surface area contributed by atoms with E-state index in [-0.39, 0.29) is 0 Å². The van der Waals surface area contributed by atoms with Gasteiger partial charge in [-0.2, -0.15) is 0 Å². The molecule has 0 unspecified atom stereocenters. The van der Waals surface area contributed by atoms with Crippen LogP contribution in [0.3, 0.4) is 0 Å². The van der Waals surface area contributed by atoms with Crippen molar-refractivity contribution in [3.05, 3.63) is 183 Å². The second-order valence-corrected chi connectivity index (χ2v) is 13.6. The molecule has 1 aromatic heterocycles. The third kappa shape index (κ3) is 6.14. The van der Waals surface area contributed by atoms with Crippen molar-refractivity contribution < 1.29 is 0 Å². The highest BCUT2D eigenvalue weighted by atomic mass is 28.3. The lowest BCUT2D eigenvalue weighted by molar-refractivity contribution is 0.862. The molecule has 0 saturated carbocycles. The van der Waals surface area contributed by atoms with Crippen LogP contribution in [0.25, 0.3) is 0 Å². The molecule has 0 bridgehead atoms. The van der Waals surface area contributed by atoms with Crippen LogP contribution in [-0.2, 0) is 6.17 Å². The Balaban J connectivity index is 0.000000184. The van der Waals surface area contributed by atoms with Crippen LogP contribution >= 0.6 is 0 Å². The SMILES string of the molecule is C=CB(c1ccccc1)c1ccccc1.c1ccc([Si](Cn2ccnc2)(c2ccccc2)c2ccccc2)cc1. The molecule has 0 fully saturated rings. The van der Waals surface area contributed by atoms with E-state index in [2.05, 4.69) is 162 Å². The predicted molar refractivity (Wildman–Crippen MR) is 174 cm³/mol. The summed E-state index contributed by atoms with van der Waals surface area (Å²) in [5.41, 5.74) is 2.58. The maximum absolute atomic E-state index is 4.27. The first-order chi connectivity index (χ1) is 19.8. The van der Waals surface area contributed by atoms with Gasteiger partial charge >= 0.3 is 0 Å². The first-order valence-electron chi connectivity index (χ1n) is 13.7. The molecule has 0 aliphatic rings. The molecular formula is C36H33BN2Si. The highest BCUT2D eigenvalue weighted by Crippen LogP contribution is 2.11. The van der Waals surface area contributed by atoms with Crippen molar-refractivity contribution in [1.29, 1.82) is 0 Å². The lowest BCUT2D eigenvalue weighted by Crippen LogP contribution is -2.69. The maximum Gasteiger partial charge on any atom is 0.233 e. The Kier molecular flexibility index (Phi) is 9.03. The lowest BCUT2D eigenvalue weighted by Gasteiger charge is -2.34. The minimum atomic E-state index is -2.21. The van der Waals surface area contributed by atoms with Crippen LogP contribution in [0.1, 0.15) is 0 Å². The van der Waals surface area contributed by atoms with Crippen LogP contribution in [-0.4, -0.2) is 24.3 Å². The van der Waals surface area contributed by atoms with Gasteiger partial charge < -0.3 is 4.57 Å². The zero-order chi connectivity index (χ0) is 27.5. The van der Waals surface area contributed by atoms with E-state index in [0.717, 1.165) is 6.17 Å². The standard InChI is InChI=1S/C22H20N2Si.C14H13B/c1-4-10-20(11-5-1)25(19-24-17-16-23-18-24,21-12-6-2-7-13-21)22-14-8-3-9-15-22;1-2-15(13-9-5-3-6-10-13)14-11-7-4-8-12-14/h1-18H,19H2;2-12H,1H2. The largest absolute Gasteiger partial charge is 0.339 e. The summed E-state index contributed by atoms with van der Waals surface area (Å²) in [5, 5.41) is 4.25. The van der Waals surface area contributed by atoms with E-state index in [1.54, 1.807) is 0 Å². The summed E-state index contributed by atoms with van der Waals surface area (Å²) in [7, 11) is -2.21. The van der Waals surface area contributed by atoms with E-state index in [1.165, 1.54) is 26.5 Å². The Morgan fingerprint density at radius 3 is 1.27 bits per heavy atom. The molecule has 6 rings (SSSR count). The Hall–Kier alpha value is -4.67. The Morgan fingerprint density at radius 2 is 0.950 bits per heavy atom. The number of nitrogens with zero attached hydrogens (tertiary/aromatic N) is 2. The van der Waals surface area contributed by atoms with E-state index in [9.17, 15) is 0 Å². The van der Waals surface area contributed by atoms with Gasteiger partial charge in [-0.05, 0) is 15.6 Å². The third-order valence-electron chi connectivity index (χ3n) is 7.33. The molecule has 0 radical (unpaired) electrons. The summed E-state index contributed by atoms with van der Waals surface area (Å²) < 4.78 is 2.22. The Labute approximate surface area is 239 Å². The van der Waals surface area contributed by atoms with Gasteiger partial charge in [0.1, 0.15) is 0 Å². The molecule has 6 aromatic rings. The number of hydrogen-bond donors (Lipinski definition) is 0. The normalized spacial score (nSPS) is 10.7. The van der Waals surface area contributed by atoms with Gasteiger partial charge in [-0.1, -0.05) is 163 Å². The summed E-state index contributed by atoms with van der Waals surface area (Å²) in [4.78, 5) is 4.27. The number of hydrogen-bond acceptors (Lipinski definition) is 1. The fourth-order valence-corrected chi connectivity index (χ4v) is 9.95. The van der Waals surface area contributed by atoms with Crippen LogP contribution in [0.5, 0.6) is 0 Å². The minimum Gasteiger partial charge on any atom is -0.339 e. The molecule has 0 spiro atoms. The van der Waals surface area contributed by atoms with Gasteiger partial charge in [0.2, 0.25) is 6.71 Å². The van der Waals surface area contributed by atoms with Crippen LogP contribution in [0.4, 0.5) is 0 Å². The molecule has 0 amide bonds. The van der Waals surface area contributed by atoms with Gasteiger partial charge in [0.25, 0.3) is 0 Å². The number of rotatable bonds is 8. The van der Waals surface area contributed by atoms with Gasteiger partial charge in [-0.15, -0.1) is 12.6 Å². The number of benzene rings is 5. The van der Waals surface area contributed by atoms with Crippen molar-refractivity contribution in [2.24, 2.45) is 0 Å². The average Bonchev–Trinajstić information content (AvgIpc) is 3.56. The Morgan fingerprint density at radius 1 is 0.575 bits per heavy atom. The van der Waals surface area contributed by atoms with Gasteiger partial charge in [-0.3, -0.25) is 0 Å². The zero-order valence-electron chi connectivity index (χ0n) is 22.6. The average molecular weight is 533 g/mol. The first kappa shape index (κ1) is 26.9. The van der Waals surface area contributed by atoms with Crippen molar-refractivity contribution in [3.8, 4) is 0 Å². The van der Waals surface area contributed by atoms with E-state index < -0.39 is 8.07 Å². The van der Waals surface area contributed by atoms with Crippen molar-refractivity contribution in [3.63, 3.8) is 0 Å². The van der Waals surface area contributed by atoms with Gasteiger partial charge in [-0.25, -0.2) is 4.98 Å². The van der Waals surface area contributed by atoms with Crippen molar-refractivity contribution >= 4 is 41.3 Å². The van der Waals surface area contributed by atoms with Gasteiger partial charge in [0.05, 0.1) is 6.33 Å². The molecule has 0 N–H and O–H groups in total. The molecule has 5 aromatic carbocycles. The van der Waals surface area contributed by atoms with Crippen molar-refractivity contribution in [2.75, 3.05) is 0 Å². The molecule has 0 aliphatic carbocycles. The lowest BCUT2D eigenvalue weighted by atomic mass is 9.41. The highest BCUT2D eigenvalue weighted by molar-refractivity contribution is 7.10. The van der Waals surface area contributed by atoms with Crippen molar-refractivity contribution in [2.45, 2.75) is 6.17 Å². The van der Waals surface area contributed by atoms with E-state index in [4.69, 9.17) is 0 Å². The molecule has 4 heteroatoms. The summed E-state index contributed by atoms with van der Waals surface area (Å²) in [6.07, 6.45) is 6.79. The molecule has 40 heavy (non-hydrogen) atoms. The van der Waals surface area contributed by atoms with Crippen LogP contribution in [0.15, 0.2) is 183 Å². The quantitative estimate of drug-likeness (QED) is 0.207. The third-order valence-corrected chi connectivity index (χ3v) is 12.1. The molecule has 0 atom stereocenters. The zero-order valence-corrected chi connectivity index (χ0v) is 23.6. The van der Waals surface area contributed by atoms with E-state index in [1.807, 2.05) is 30.6 Å². The smallest absolute Gasteiger partial charge is 0.233 e. The summed E-state index contributed by atoms with van der Waals surface area (Å²) in [6, 6.07) is 53.7. The summed E-state index contributed by atoms with van der Waals surface area (Å²) in [5.74, 6) is 1.99. The monoisotopic (exact) mass is 532 g/mol. The van der Waals surface area contributed by atoms with Gasteiger partial charge in [0.15, 0.2) is 8.07 Å². The van der Waals surface area contributed by atoms with E-state index >= 15 is 0 Å². The van der Waals surface area contributed by atoms with Gasteiger partial charge in [0, 0.05) is 18.6 Å². The molecular weight excluding hydrogens is 499 g/mol. The predicted octanol–water partition coefficient (Wildman–Crippen LogP) is 4.61. The van der Waals surface area contributed by atoms with Crippen LogP contribution < -0.4 is 26.5 Å². The molecule has 1 heterocycles. The van der Waals surface area contributed by atoms with Crippen molar-refractivity contribution in [1.82, 2.24) is 9.55 Å².